The molecule has 0 radical (unpaired) electrons. The van der Waals surface area contributed by atoms with Gasteiger partial charge in [0, 0.05) is 30.1 Å². The minimum absolute atomic E-state index is 0.00372. The average molecular weight is 421 g/mol. The number of carbonyl (C=O) groups excluding carboxylic acids is 2. The van der Waals surface area contributed by atoms with E-state index in [-0.39, 0.29) is 28.2 Å². The predicted molar refractivity (Wildman–Crippen MR) is 106 cm³/mol. The molecule has 7 nitrogen and oxygen atoms in total. The van der Waals surface area contributed by atoms with Crippen molar-refractivity contribution < 1.29 is 27.8 Å². The highest BCUT2D eigenvalue weighted by Gasteiger charge is 2.47. The minimum Gasteiger partial charge on any atom is -0.395 e. The van der Waals surface area contributed by atoms with Crippen LogP contribution in [0.1, 0.15) is 16.7 Å². The highest BCUT2D eigenvalue weighted by molar-refractivity contribution is 6.48. The molecule has 31 heavy (non-hydrogen) atoms. The van der Waals surface area contributed by atoms with E-state index >= 15 is 0 Å². The van der Waals surface area contributed by atoms with Crippen molar-refractivity contribution in [3.05, 3.63) is 71.1 Å². The Morgan fingerprint density at radius 2 is 1.77 bits per heavy atom. The lowest BCUT2D eigenvalue weighted by Crippen LogP contribution is -2.26. The third-order valence-electron chi connectivity index (χ3n) is 5.60. The van der Waals surface area contributed by atoms with Gasteiger partial charge in [0.2, 0.25) is 0 Å². The highest BCUT2D eigenvalue weighted by atomic mass is 19.3. The van der Waals surface area contributed by atoms with E-state index in [9.17, 15) is 18.4 Å². The van der Waals surface area contributed by atoms with Gasteiger partial charge in [0.05, 0.1) is 22.5 Å². The number of ether oxygens (including phenoxy) is 2. The van der Waals surface area contributed by atoms with Gasteiger partial charge in [0.15, 0.2) is 11.5 Å². The van der Waals surface area contributed by atoms with Crippen LogP contribution in [0.4, 0.5) is 14.5 Å². The number of benzene rings is 2. The van der Waals surface area contributed by atoms with Crippen LogP contribution in [0.15, 0.2) is 59.4 Å². The first-order chi connectivity index (χ1) is 14.9. The lowest BCUT2D eigenvalue weighted by Gasteiger charge is -2.17. The Bertz CT molecular complexity index is 1300. The number of nitrogens with one attached hydrogen (secondary N) is 1. The molecule has 0 saturated carbocycles. The number of alkyl halides is 2. The number of aliphatic imine (C=N–C) groups is 1. The van der Waals surface area contributed by atoms with Crippen molar-refractivity contribution in [3.63, 3.8) is 0 Å². The highest BCUT2D eigenvalue weighted by Crippen LogP contribution is 2.47. The van der Waals surface area contributed by atoms with E-state index in [1.807, 2.05) is 29.3 Å². The monoisotopic (exact) mass is 421 g/mol. The maximum absolute atomic E-state index is 13.7. The van der Waals surface area contributed by atoms with Crippen molar-refractivity contribution in [1.82, 2.24) is 5.32 Å². The molecule has 0 atom stereocenters. The number of rotatable bonds is 2. The summed E-state index contributed by atoms with van der Waals surface area (Å²) in [6, 6.07) is 9.89. The summed E-state index contributed by atoms with van der Waals surface area (Å²) in [5.74, 6) is -1.88. The van der Waals surface area contributed by atoms with Gasteiger partial charge in [-0.15, -0.1) is 8.78 Å². The first-order valence-corrected chi connectivity index (χ1v) is 9.56. The van der Waals surface area contributed by atoms with Gasteiger partial charge in [0.1, 0.15) is 0 Å². The number of anilines is 1. The summed E-state index contributed by atoms with van der Waals surface area (Å²) < 4.78 is 36.6. The van der Waals surface area contributed by atoms with E-state index in [0.717, 1.165) is 24.2 Å². The topological polar surface area (TPSA) is 80.2 Å². The maximum Gasteiger partial charge on any atom is 0.586 e. The Labute approximate surface area is 174 Å². The number of para-hydroxylation sites is 2. The van der Waals surface area contributed by atoms with Crippen LogP contribution in [0.5, 0.6) is 11.5 Å². The summed E-state index contributed by atoms with van der Waals surface area (Å²) in [5.41, 5.74) is 2.95. The molecule has 0 aliphatic carbocycles. The molecule has 0 fully saturated rings. The summed E-state index contributed by atoms with van der Waals surface area (Å²) in [6.45, 7) is 0.773. The molecule has 2 aromatic rings. The first kappa shape index (κ1) is 17.8. The minimum atomic E-state index is -3.86. The number of hydrogen-bond acceptors (Lipinski definition) is 6. The molecule has 0 aromatic heterocycles. The Kier molecular flexibility index (Phi) is 3.45. The van der Waals surface area contributed by atoms with Crippen LogP contribution in [0.3, 0.4) is 0 Å². The Hall–Kier alpha value is -4.01. The van der Waals surface area contributed by atoms with Crippen LogP contribution >= 0.6 is 0 Å². The smallest absolute Gasteiger partial charge is 0.395 e. The lowest BCUT2D eigenvalue weighted by atomic mass is 9.92. The average Bonchev–Trinajstić information content (AvgIpc) is 3.32. The molecule has 0 bridgehead atoms. The van der Waals surface area contributed by atoms with Crippen LogP contribution in [0.25, 0.3) is 5.57 Å². The van der Waals surface area contributed by atoms with Crippen molar-refractivity contribution in [2.75, 3.05) is 11.4 Å². The number of halogens is 2. The van der Waals surface area contributed by atoms with Crippen molar-refractivity contribution in [2.24, 2.45) is 4.99 Å². The molecular weight excluding hydrogens is 408 g/mol. The van der Waals surface area contributed by atoms with Gasteiger partial charge in [-0.3, -0.25) is 19.9 Å². The molecule has 1 N–H and O–H groups in total. The molecular formula is C22H13F2N3O4. The number of imide groups is 1. The molecule has 154 valence electrons. The fourth-order valence-corrected chi connectivity index (χ4v) is 4.39. The molecule has 4 aliphatic rings. The maximum atomic E-state index is 13.7. The standard InChI is InChI=1S/C22H13F2N3O4/c23-22(24)30-14-6-2-4-12(19(14)31-22)15-16(21(29)26-20(15)28)17-13-5-1-3-11-7-9-27(18(11)13)10-8-25-17/h1-6,8,10H,7,9H2,(H,26,28,29). The molecule has 0 unspecified atom stereocenters. The second-order valence-corrected chi connectivity index (χ2v) is 7.37. The molecule has 0 spiro atoms. The van der Waals surface area contributed by atoms with Gasteiger partial charge < -0.3 is 14.4 Å². The molecule has 4 heterocycles. The Balaban J connectivity index is 1.60. The Morgan fingerprint density at radius 3 is 2.65 bits per heavy atom. The van der Waals surface area contributed by atoms with Crippen molar-refractivity contribution >= 4 is 28.8 Å². The van der Waals surface area contributed by atoms with Crippen LogP contribution in [-0.2, 0) is 16.0 Å². The van der Waals surface area contributed by atoms with E-state index in [1.165, 1.54) is 18.2 Å². The van der Waals surface area contributed by atoms with Gasteiger partial charge in [-0.2, -0.15) is 0 Å². The van der Waals surface area contributed by atoms with E-state index in [1.54, 1.807) is 6.20 Å². The van der Waals surface area contributed by atoms with Crippen molar-refractivity contribution in [2.45, 2.75) is 12.7 Å². The van der Waals surface area contributed by atoms with Crippen LogP contribution in [0, 0.1) is 0 Å². The zero-order chi connectivity index (χ0) is 21.3. The number of hydrogen-bond donors (Lipinski definition) is 1. The molecule has 9 heteroatoms. The summed E-state index contributed by atoms with van der Waals surface area (Å²) in [4.78, 5) is 32.1. The molecule has 4 aliphatic heterocycles. The quantitative estimate of drug-likeness (QED) is 0.755. The predicted octanol–water partition coefficient (Wildman–Crippen LogP) is 2.75. The summed E-state index contributed by atoms with van der Waals surface area (Å²) in [7, 11) is 0. The number of nitrogens with zero attached hydrogens (tertiary/aromatic N) is 2. The normalized spacial score (nSPS) is 20.1. The van der Waals surface area contributed by atoms with E-state index in [4.69, 9.17) is 0 Å². The van der Waals surface area contributed by atoms with Gasteiger partial charge in [-0.1, -0.05) is 30.3 Å². The first-order valence-electron chi connectivity index (χ1n) is 9.56. The lowest BCUT2D eigenvalue weighted by molar-refractivity contribution is -0.286. The van der Waals surface area contributed by atoms with Crippen LogP contribution in [-0.4, -0.2) is 30.4 Å². The summed E-state index contributed by atoms with van der Waals surface area (Å²) >= 11 is 0. The fraction of sp³-hybridized carbons (Fsp3) is 0.136. The zero-order valence-corrected chi connectivity index (χ0v) is 15.8. The SMILES string of the molecule is O=C1NC(=O)C(c2cccc3c2OC(F)(F)O3)=C1C1=NC=CN2CCc3cccc1c32. The Morgan fingerprint density at radius 1 is 1.00 bits per heavy atom. The molecule has 2 amide bonds. The third kappa shape index (κ3) is 2.52. The second kappa shape index (κ2) is 6.00. The second-order valence-electron chi connectivity index (χ2n) is 7.37. The summed E-state index contributed by atoms with van der Waals surface area (Å²) in [6.07, 6.45) is 0.356. The van der Waals surface area contributed by atoms with Crippen LogP contribution in [0.2, 0.25) is 0 Å². The van der Waals surface area contributed by atoms with Crippen molar-refractivity contribution in [3.8, 4) is 11.5 Å². The number of carbonyl (C=O) groups is 2. The van der Waals surface area contributed by atoms with Gasteiger partial charge >= 0.3 is 6.29 Å². The van der Waals surface area contributed by atoms with E-state index < -0.39 is 18.1 Å². The largest absolute Gasteiger partial charge is 0.586 e. The van der Waals surface area contributed by atoms with Crippen molar-refractivity contribution in [1.29, 1.82) is 0 Å². The number of fused-ring (bicyclic) bond motifs is 1. The fourth-order valence-electron chi connectivity index (χ4n) is 4.39. The zero-order valence-electron chi connectivity index (χ0n) is 15.8. The van der Waals surface area contributed by atoms with Gasteiger partial charge in [-0.05, 0) is 18.1 Å². The van der Waals surface area contributed by atoms with E-state index in [2.05, 4.69) is 19.8 Å². The van der Waals surface area contributed by atoms with Gasteiger partial charge in [0.25, 0.3) is 11.8 Å². The summed E-state index contributed by atoms with van der Waals surface area (Å²) in [5, 5.41) is 2.26. The molecule has 0 saturated heterocycles. The number of amides is 2. The van der Waals surface area contributed by atoms with Crippen LogP contribution < -0.4 is 19.7 Å². The third-order valence-corrected chi connectivity index (χ3v) is 5.60. The van der Waals surface area contributed by atoms with Gasteiger partial charge in [-0.25, -0.2) is 0 Å². The molecule has 2 aromatic carbocycles. The molecule has 6 rings (SSSR count). The van der Waals surface area contributed by atoms with E-state index in [0.29, 0.717) is 11.3 Å².